The van der Waals surface area contributed by atoms with Gasteiger partial charge < -0.3 is 29.2 Å². The fraction of sp³-hybridized carbons (Fsp3) is 0.767. The number of nitrogens with zero attached hydrogens (tertiary/aromatic N) is 1. The SMILES string of the molecule is COCCCOc1cc(C[C@@H](C[C@H]2CN(C(=O)OC(C)(C)C)C[C@@H]2CNC2CC2)C(C)C)ccc1OC. The molecule has 0 aromatic heterocycles. The lowest BCUT2D eigenvalue weighted by atomic mass is 9.79. The summed E-state index contributed by atoms with van der Waals surface area (Å²) in [7, 11) is 3.39. The number of hydrogen-bond donors (Lipinski definition) is 1. The van der Waals surface area contributed by atoms with Crippen LogP contribution in [-0.2, 0) is 15.9 Å². The topological polar surface area (TPSA) is 69.3 Å². The number of carbonyl (C=O) groups excluding carboxylic acids is 1. The summed E-state index contributed by atoms with van der Waals surface area (Å²) < 4.78 is 22.4. The number of benzene rings is 1. The molecule has 1 saturated carbocycles. The first-order valence-corrected chi connectivity index (χ1v) is 14.1. The van der Waals surface area contributed by atoms with Gasteiger partial charge in [-0.05, 0) is 87.8 Å². The smallest absolute Gasteiger partial charge is 0.410 e. The van der Waals surface area contributed by atoms with E-state index in [1.165, 1.54) is 18.4 Å². The Hall–Kier alpha value is -1.99. The number of likely N-dealkylation sites (tertiary alicyclic amines) is 1. The van der Waals surface area contributed by atoms with Crippen LogP contribution < -0.4 is 14.8 Å². The molecular weight excluding hydrogens is 468 g/mol. The van der Waals surface area contributed by atoms with Crippen molar-refractivity contribution >= 4 is 6.09 Å². The van der Waals surface area contributed by atoms with Gasteiger partial charge in [-0.25, -0.2) is 4.79 Å². The Kier molecular flexibility index (Phi) is 10.9. The van der Waals surface area contributed by atoms with Gasteiger partial charge in [-0.15, -0.1) is 0 Å². The standard InChI is InChI=1S/C30H50N2O5/c1-21(2)23(15-22-9-12-27(35-7)28(16-22)36-14-8-13-34-6)17-24-19-32(29(33)37-30(3,4)5)20-25(24)18-31-26-10-11-26/h9,12,16,21,23-26,31H,8,10-11,13-15,17-20H2,1-7H3/t23-,24-,25-/m0/s1. The number of carbonyl (C=O) groups is 1. The molecule has 1 aromatic rings. The summed E-state index contributed by atoms with van der Waals surface area (Å²) in [5.74, 6) is 3.49. The summed E-state index contributed by atoms with van der Waals surface area (Å²) in [4.78, 5) is 14.8. The van der Waals surface area contributed by atoms with Crippen molar-refractivity contribution in [2.75, 3.05) is 47.1 Å². The zero-order valence-electron chi connectivity index (χ0n) is 24.2. The zero-order valence-corrected chi connectivity index (χ0v) is 24.2. The monoisotopic (exact) mass is 518 g/mol. The van der Waals surface area contributed by atoms with E-state index in [0.717, 1.165) is 50.4 Å². The lowest BCUT2D eigenvalue weighted by Gasteiger charge is -2.28. The molecule has 1 amide bonds. The van der Waals surface area contributed by atoms with E-state index in [0.29, 0.717) is 42.9 Å². The van der Waals surface area contributed by atoms with Crippen LogP contribution >= 0.6 is 0 Å². The molecule has 3 atom stereocenters. The van der Waals surface area contributed by atoms with E-state index in [1.54, 1.807) is 14.2 Å². The molecule has 1 aliphatic carbocycles. The Balaban J connectivity index is 1.68. The first-order chi connectivity index (χ1) is 17.6. The van der Waals surface area contributed by atoms with Crippen molar-refractivity contribution < 1.29 is 23.7 Å². The first kappa shape index (κ1) is 29.6. The minimum Gasteiger partial charge on any atom is -0.493 e. The van der Waals surface area contributed by atoms with Crippen LogP contribution in [0.4, 0.5) is 4.79 Å². The highest BCUT2D eigenvalue weighted by Crippen LogP contribution is 2.36. The second-order valence-corrected chi connectivity index (χ2v) is 12.2. The molecule has 0 bridgehead atoms. The molecule has 0 unspecified atom stereocenters. The predicted molar refractivity (Wildman–Crippen MR) is 147 cm³/mol. The number of hydrogen-bond acceptors (Lipinski definition) is 6. The van der Waals surface area contributed by atoms with E-state index < -0.39 is 5.60 Å². The van der Waals surface area contributed by atoms with E-state index >= 15 is 0 Å². The van der Waals surface area contributed by atoms with Crippen LogP contribution in [0.1, 0.15) is 65.9 Å². The van der Waals surface area contributed by atoms with Crippen molar-refractivity contribution in [3.8, 4) is 11.5 Å². The van der Waals surface area contributed by atoms with Crippen molar-refractivity contribution in [3.05, 3.63) is 23.8 Å². The van der Waals surface area contributed by atoms with Gasteiger partial charge in [-0.1, -0.05) is 19.9 Å². The summed E-state index contributed by atoms with van der Waals surface area (Å²) in [6.07, 6.45) is 5.26. The Morgan fingerprint density at radius 1 is 1.08 bits per heavy atom. The first-order valence-electron chi connectivity index (χ1n) is 14.1. The van der Waals surface area contributed by atoms with Crippen LogP contribution in [0.5, 0.6) is 11.5 Å². The fourth-order valence-electron chi connectivity index (χ4n) is 5.15. The van der Waals surface area contributed by atoms with Gasteiger partial charge in [-0.3, -0.25) is 0 Å². The van der Waals surface area contributed by atoms with E-state index in [1.807, 2.05) is 31.7 Å². The van der Waals surface area contributed by atoms with Gasteiger partial charge in [0.2, 0.25) is 0 Å². The molecule has 0 radical (unpaired) electrons. The normalized spacial score (nSPS) is 20.8. The van der Waals surface area contributed by atoms with Gasteiger partial charge >= 0.3 is 6.09 Å². The molecule has 7 nitrogen and oxygen atoms in total. The number of amides is 1. The summed E-state index contributed by atoms with van der Waals surface area (Å²) in [5.41, 5.74) is 0.783. The van der Waals surface area contributed by atoms with Gasteiger partial charge in [0, 0.05) is 45.8 Å². The van der Waals surface area contributed by atoms with Crippen LogP contribution in [0.3, 0.4) is 0 Å². The molecule has 1 saturated heterocycles. The van der Waals surface area contributed by atoms with E-state index in [9.17, 15) is 4.79 Å². The molecular formula is C30H50N2O5. The second kappa shape index (κ2) is 13.7. The number of methoxy groups -OCH3 is 2. The third-order valence-corrected chi connectivity index (χ3v) is 7.50. The number of rotatable bonds is 14. The fourth-order valence-corrected chi connectivity index (χ4v) is 5.15. The van der Waals surface area contributed by atoms with Crippen molar-refractivity contribution in [2.24, 2.45) is 23.7 Å². The molecule has 210 valence electrons. The quantitative estimate of drug-likeness (QED) is 0.326. The third kappa shape index (κ3) is 9.68. The Morgan fingerprint density at radius 2 is 1.81 bits per heavy atom. The molecule has 7 heteroatoms. The number of nitrogens with one attached hydrogen (secondary N) is 1. The van der Waals surface area contributed by atoms with Crippen molar-refractivity contribution in [1.29, 1.82) is 0 Å². The molecule has 1 heterocycles. The van der Waals surface area contributed by atoms with Crippen LogP contribution in [0.2, 0.25) is 0 Å². The van der Waals surface area contributed by atoms with Gasteiger partial charge in [-0.2, -0.15) is 0 Å². The summed E-state index contributed by atoms with van der Waals surface area (Å²) >= 11 is 0. The van der Waals surface area contributed by atoms with Gasteiger partial charge in [0.25, 0.3) is 0 Å². The molecule has 2 fully saturated rings. The third-order valence-electron chi connectivity index (χ3n) is 7.50. The van der Waals surface area contributed by atoms with E-state index in [4.69, 9.17) is 18.9 Å². The average molecular weight is 519 g/mol. The predicted octanol–water partition coefficient (Wildman–Crippen LogP) is 5.55. The van der Waals surface area contributed by atoms with Crippen molar-refractivity contribution in [1.82, 2.24) is 10.2 Å². The molecule has 3 rings (SSSR count). The lowest BCUT2D eigenvalue weighted by molar-refractivity contribution is 0.0282. The zero-order chi connectivity index (χ0) is 27.0. The summed E-state index contributed by atoms with van der Waals surface area (Å²) in [6, 6.07) is 6.97. The van der Waals surface area contributed by atoms with Crippen molar-refractivity contribution in [3.63, 3.8) is 0 Å². The summed E-state index contributed by atoms with van der Waals surface area (Å²) in [5, 5.41) is 3.72. The van der Waals surface area contributed by atoms with Crippen LogP contribution in [-0.4, -0.2) is 69.7 Å². The highest BCUT2D eigenvalue weighted by molar-refractivity contribution is 5.68. The molecule has 2 aliphatic rings. The molecule has 1 N–H and O–H groups in total. The molecule has 0 spiro atoms. The highest BCUT2D eigenvalue weighted by atomic mass is 16.6. The van der Waals surface area contributed by atoms with Crippen LogP contribution in [0.15, 0.2) is 18.2 Å². The van der Waals surface area contributed by atoms with Gasteiger partial charge in [0.05, 0.1) is 13.7 Å². The van der Waals surface area contributed by atoms with E-state index in [2.05, 4.69) is 31.3 Å². The Bertz CT molecular complexity index is 849. The highest BCUT2D eigenvalue weighted by Gasteiger charge is 2.39. The average Bonchev–Trinajstić information content (AvgIpc) is 3.58. The van der Waals surface area contributed by atoms with Gasteiger partial charge in [0.15, 0.2) is 11.5 Å². The van der Waals surface area contributed by atoms with E-state index in [-0.39, 0.29) is 6.09 Å². The lowest BCUT2D eigenvalue weighted by Crippen LogP contribution is -2.36. The molecule has 1 aliphatic heterocycles. The Labute approximate surface area is 224 Å². The maximum atomic E-state index is 12.9. The largest absolute Gasteiger partial charge is 0.493 e. The minimum atomic E-state index is -0.477. The molecule has 37 heavy (non-hydrogen) atoms. The van der Waals surface area contributed by atoms with Gasteiger partial charge in [0.1, 0.15) is 5.60 Å². The van der Waals surface area contributed by atoms with Crippen LogP contribution in [0.25, 0.3) is 0 Å². The maximum Gasteiger partial charge on any atom is 0.410 e. The number of ether oxygens (including phenoxy) is 4. The maximum absolute atomic E-state index is 12.9. The van der Waals surface area contributed by atoms with Crippen LogP contribution in [0, 0.1) is 23.7 Å². The second-order valence-electron chi connectivity index (χ2n) is 12.2. The Morgan fingerprint density at radius 3 is 2.43 bits per heavy atom. The summed E-state index contributed by atoms with van der Waals surface area (Å²) in [6.45, 7) is 14.2. The van der Waals surface area contributed by atoms with Crippen molar-refractivity contribution in [2.45, 2.75) is 78.4 Å². The minimum absolute atomic E-state index is 0.182. The molecule has 1 aromatic carbocycles.